The van der Waals surface area contributed by atoms with Gasteiger partial charge in [-0.1, -0.05) is 0 Å². The zero-order valence-corrected chi connectivity index (χ0v) is 25.1. The molecule has 42 heavy (non-hydrogen) atoms. The van der Waals surface area contributed by atoms with E-state index in [0.29, 0.717) is 23.0 Å². The molecule has 4 aromatic rings. The van der Waals surface area contributed by atoms with E-state index >= 15 is 0 Å². The van der Waals surface area contributed by atoms with E-state index in [4.69, 9.17) is 33.7 Å². The molecule has 0 saturated carbocycles. The van der Waals surface area contributed by atoms with Crippen LogP contribution in [0.3, 0.4) is 0 Å². The van der Waals surface area contributed by atoms with Gasteiger partial charge in [-0.3, -0.25) is 0 Å². The molecule has 1 aliphatic rings. The molecule has 3 heterocycles. The van der Waals surface area contributed by atoms with Gasteiger partial charge in [0.1, 0.15) is 11.6 Å². The van der Waals surface area contributed by atoms with Crippen LogP contribution in [0, 0.1) is 6.92 Å². The Morgan fingerprint density at radius 1 is 0.524 bits per heavy atom. The summed E-state index contributed by atoms with van der Waals surface area (Å²) in [5.74, 6) is 5.21. The predicted octanol–water partition coefficient (Wildman–Crippen LogP) is 5.88. The highest BCUT2D eigenvalue weighted by Crippen LogP contribution is 2.41. The number of nitrogens with zero attached hydrogens (tertiary/aromatic N) is 4. The first-order valence-corrected chi connectivity index (χ1v) is 13.9. The molecule has 0 spiro atoms. The normalized spacial score (nSPS) is 13.4. The van der Waals surface area contributed by atoms with Gasteiger partial charge in [-0.15, -0.1) is 0 Å². The Morgan fingerprint density at radius 2 is 0.976 bits per heavy atom. The fraction of sp³-hybridized carbons (Fsp3) is 0.333. The molecule has 9 nitrogen and oxygen atoms in total. The zero-order valence-electron chi connectivity index (χ0n) is 25.1. The van der Waals surface area contributed by atoms with E-state index in [1.165, 1.54) is 0 Å². The number of rotatable bonds is 9. The first-order valence-electron chi connectivity index (χ1n) is 13.9. The maximum absolute atomic E-state index is 5.54. The average molecular weight is 571 g/mol. The Hall–Kier alpha value is -4.66. The van der Waals surface area contributed by atoms with Gasteiger partial charge in [0.2, 0.25) is 5.75 Å². The van der Waals surface area contributed by atoms with Gasteiger partial charge < -0.3 is 33.5 Å². The summed E-state index contributed by atoms with van der Waals surface area (Å²) < 4.78 is 27.5. The molecule has 2 aromatic heterocycles. The van der Waals surface area contributed by atoms with E-state index in [2.05, 4.69) is 40.1 Å². The van der Waals surface area contributed by atoms with Crippen molar-refractivity contribution in [2.75, 3.05) is 71.5 Å². The van der Waals surface area contributed by atoms with Crippen LogP contribution < -0.4 is 33.5 Å². The van der Waals surface area contributed by atoms with Crippen LogP contribution in [-0.2, 0) is 0 Å². The number of benzene rings is 2. The minimum absolute atomic E-state index is 0.572. The van der Waals surface area contributed by atoms with Gasteiger partial charge in [0, 0.05) is 49.7 Å². The van der Waals surface area contributed by atoms with Crippen molar-refractivity contribution in [3.05, 3.63) is 66.5 Å². The molecule has 1 fully saturated rings. The maximum Gasteiger partial charge on any atom is 0.203 e. The topological polar surface area (TPSA) is 78.4 Å². The molecule has 0 unspecified atom stereocenters. The van der Waals surface area contributed by atoms with Crippen LogP contribution in [-0.4, -0.2) is 71.7 Å². The summed E-state index contributed by atoms with van der Waals surface area (Å²) in [5, 5.41) is 0. The highest BCUT2D eigenvalue weighted by Gasteiger charge is 2.19. The number of hydrogen-bond acceptors (Lipinski definition) is 9. The standard InChI is InChI=1S/C33H38N4O5/c1-22-16-25(17-27(38-2)32(22)41-5)23-8-10-30(34-20-23)36-12-7-13-37(15-14-36)31-11-9-24(21-35-31)26-18-28(39-3)33(42-6)29(19-26)40-4/h8-11,16-21H,7,12-15H2,1-6H3. The Morgan fingerprint density at radius 3 is 1.38 bits per heavy atom. The molecule has 0 radical (unpaired) electrons. The van der Waals surface area contributed by atoms with E-state index in [9.17, 15) is 0 Å². The molecule has 0 bridgehead atoms. The van der Waals surface area contributed by atoms with Crippen LogP contribution >= 0.6 is 0 Å². The second-order valence-corrected chi connectivity index (χ2v) is 10.1. The first kappa shape index (κ1) is 28.9. The third-order valence-corrected chi connectivity index (χ3v) is 7.64. The highest BCUT2D eigenvalue weighted by atomic mass is 16.5. The molecular formula is C33H38N4O5. The van der Waals surface area contributed by atoms with Crippen LogP contribution in [0.15, 0.2) is 60.9 Å². The summed E-state index contributed by atoms with van der Waals surface area (Å²) in [7, 11) is 8.16. The molecule has 0 aliphatic carbocycles. The molecule has 1 saturated heterocycles. The largest absolute Gasteiger partial charge is 0.493 e. The second-order valence-electron chi connectivity index (χ2n) is 10.1. The number of aromatic nitrogens is 2. The monoisotopic (exact) mass is 570 g/mol. The van der Waals surface area contributed by atoms with Gasteiger partial charge in [-0.05, 0) is 78.6 Å². The number of aryl methyl sites for hydroxylation is 1. The van der Waals surface area contributed by atoms with E-state index in [0.717, 1.165) is 77.8 Å². The first-order chi connectivity index (χ1) is 20.5. The van der Waals surface area contributed by atoms with Crippen molar-refractivity contribution in [3.63, 3.8) is 0 Å². The fourth-order valence-corrected chi connectivity index (χ4v) is 5.43. The summed E-state index contributed by atoms with van der Waals surface area (Å²) in [6, 6.07) is 16.3. The molecule has 0 N–H and O–H groups in total. The molecule has 220 valence electrons. The lowest BCUT2D eigenvalue weighted by Gasteiger charge is -2.24. The van der Waals surface area contributed by atoms with Crippen LogP contribution in [0.25, 0.3) is 22.3 Å². The van der Waals surface area contributed by atoms with Crippen molar-refractivity contribution in [2.45, 2.75) is 13.3 Å². The summed E-state index contributed by atoms with van der Waals surface area (Å²) in [6.45, 7) is 5.59. The van der Waals surface area contributed by atoms with E-state index < -0.39 is 0 Å². The maximum atomic E-state index is 5.54. The van der Waals surface area contributed by atoms with E-state index in [-0.39, 0.29) is 0 Å². The van der Waals surface area contributed by atoms with Crippen molar-refractivity contribution < 1.29 is 23.7 Å². The van der Waals surface area contributed by atoms with Crippen LogP contribution in [0.2, 0.25) is 0 Å². The minimum atomic E-state index is 0.572. The smallest absolute Gasteiger partial charge is 0.203 e. The molecule has 9 heteroatoms. The van der Waals surface area contributed by atoms with Crippen LogP contribution in [0.5, 0.6) is 28.7 Å². The van der Waals surface area contributed by atoms with Crippen molar-refractivity contribution in [2.24, 2.45) is 0 Å². The molecule has 1 aliphatic heterocycles. The quantitative estimate of drug-likeness (QED) is 0.245. The number of pyridine rings is 2. The highest BCUT2D eigenvalue weighted by molar-refractivity contribution is 5.72. The van der Waals surface area contributed by atoms with E-state index in [1.807, 2.05) is 37.5 Å². The SMILES string of the molecule is COc1cc(-c2ccc(N3CCCN(c4ccc(-c5cc(OC)c(OC)c(OC)c5)cn4)CC3)nc2)cc(C)c1OC. The molecule has 0 atom stereocenters. The fourth-order valence-electron chi connectivity index (χ4n) is 5.43. The molecule has 5 rings (SSSR count). The van der Waals surface area contributed by atoms with Crippen LogP contribution in [0.1, 0.15) is 12.0 Å². The lowest BCUT2D eigenvalue weighted by molar-refractivity contribution is 0.324. The Labute approximate surface area is 247 Å². The Kier molecular flexibility index (Phi) is 8.85. The number of ether oxygens (including phenoxy) is 5. The van der Waals surface area contributed by atoms with Crippen LogP contribution in [0.4, 0.5) is 11.6 Å². The van der Waals surface area contributed by atoms with Gasteiger partial charge in [0.25, 0.3) is 0 Å². The summed E-state index contributed by atoms with van der Waals surface area (Å²) >= 11 is 0. The zero-order chi connectivity index (χ0) is 29.6. The van der Waals surface area contributed by atoms with Gasteiger partial charge in [0.05, 0.1) is 35.5 Å². The third kappa shape index (κ3) is 5.86. The Bertz CT molecular complexity index is 1480. The number of anilines is 2. The number of methoxy groups -OCH3 is 5. The average Bonchev–Trinajstić information content (AvgIpc) is 3.30. The van der Waals surface area contributed by atoms with Gasteiger partial charge in [-0.25, -0.2) is 9.97 Å². The van der Waals surface area contributed by atoms with Crippen molar-refractivity contribution in [3.8, 4) is 51.0 Å². The molecular weight excluding hydrogens is 532 g/mol. The predicted molar refractivity (Wildman–Crippen MR) is 166 cm³/mol. The van der Waals surface area contributed by atoms with Crippen molar-refractivity contribution >= 4 is 11.6 Å². The molecule has 0 amide bonds. The summed E-state index contributed by atoms with van der Waals surface area (Å²) in [6.07, 6.45) is 4.84. The van der Waals surface area contributed by atoms with Gasteiger partial charge in [-0.2, -0.15) is 0 Å². The third-order valence-electron chi connectivity index (χ3n) is 7.64. The van der Waals surface area contributed by atoms with Gasteiger partial charge >= 0.3 is 0 Å². The Balaban J connectivity index is 1.27. The van der Waals surface area contributed by atoms with Gasteiger partial charge in [0.15, 0.2) is 23.0 Å². The summed E-state index contributed by atoms with van der Waals surface area (Å²) in [5.41, 5.74) is 5.03. The second kappa shape index (κ2) is 12.9. The van der Waals surface area contributed by atoms with Crippen molar-refractivity contribution in [1.29, 1.82) is 0 Å². The number of hydrogen-bond donors (Lipinski definition) is 0. The minimum Gasteiger partial charge on any atom is -0.493 e. The summed E-state index contributed by atoms with van der Waals surface area (Å²) in [4.78, 5) is 14.3. The van der Waals surface area contributed by atoms with Crippen molar-refractivity contribution in [1.82, 2.24) is 9.97 Å². The van der Waals surface area contributed by atoms with E-state index in [1.54, 1.807) is 35.5 Å². The molecule has 2 aromatic carbocycles. The lowest BCUT2D eigenvalue weighted by atomic mass is 10.0. The lowest BCUT2D eigenvalue weighted by Crippen LogP contribution is -2.31.